The van der Waals surface area contributed by atoms with Gasteiger partial charge < -0.3 is 14.8 Å². The van der Waals surface area contributed by atoms with Crippen LogP contribution >= 0.6 is 0 Å². The predicted octanol–water partition coefficient (Wildman–Crippen LogP) is 1.53. The third-order valence-corrected chi connectivity index (χ3v) is 4.44. The van der Waals surface area contributed by atoms with Crippen LogP contribution in [0.5, 0.6) is 0 Å². The van der Waals surface area contributed by atoms with Crippen LogP contribution in [0.4, 0.5) is 0 Å². The minimum atomic E-state index is -1.66. The Balaban J connectivity index is 1.86. The van der Waals surface area contributed by atoms with Gasteiger partial charge in [-0.15, -0.1) is 0 Å². The Morgan fingerprint density at radius 3 is 2.60 bits per heavy atom. The summed E-state index contributed by atoms with van der Waals surface area (Å²) < 4.78 is 16.8. The topological polar surface area (TPSA) is 96.6 Å². The second-order valence-electron chi connectivity index (χ2n) is 4.82. The smallest absolute Gasteiger partial charge is 0.371 e. The summed E-state index contributed by atoms with van der Waals surface area (Å²) in [5.41, 5.74) is 0. The number of carbonyl (C=O) groups is 2. The highest BCUT2D eigenvalue weighted by Crippen LogP contribution is 2.17. The molecule has 6 nitrogen and oxygen atoms in total. The lowest BCUT2D eigenvalue weighted by molar-refractivity contribution is -0.119. The molecule has 1 aromatic rings. The van der Waals surface area contributed by atoms with Crippen molar-refractivity contribution in [1.82, 2.24) is 5.32 Å². The van der Waals surface area contributed by atoms with Crippen molar-refractivity contribution in [2.24, 2.45) is 0 Å². The van der Waals surface area contributed by atoms with Gasteiger partial charge in [0.05, 0.1) is 10.8 Å². The number of carbonyl (C=O) groups excluding carboxylic acids is 1. The number of nitrogens with one attached hydrogen (secondary N) is 1. The minimum absolute atomic E-state index is 0.0150. The standard InChI is InChI=1S/C13H17NO5S/c15-11(14-9-4-2-1-3-5-9)8-20(18)12-7-6-10(19-12)13(16)17/h6-7,9H,1-5,8H2,(H,14,15)(H,16,17). The fraction of sp³-hybridized carbons (Fsp3) is 0.538. The first-order valence-electron chi connectivity index (χ1n) is 6.57. The predicted molar refractivity (Wildman–Crippen MR) is 72.0 cm³/mol. The van der Waals surface area contributed by atoms with Gasteiger partial charge in [-0.1, -0.05) is 19.3 Å². The van der Waals surface area contributed by atoms with E-state index >= 15 is 0 Å². The SMILES string of the molecule is O=C(CS(=O)c1ccc(C(=O)O)o1)NC1CCCCC1. The highest BCUT2D eigenvalue weighted by molar-refractivity contribution is 7.85. The number of carboxylic acids is 1. The van der Waals surface area contributed by atoms with E-state index in [0.717, 1.165) is 25.7 Å². The van der Waals surface area contributed by atoms with Gasteiger partial charge in [0.2, 0.25) is 11.7 Å². The molecule has 1 amide bonds. The van der Waals surface area contributed by atoms with Crippen LogP contribution in [-0.4, -0.2) is 33.0 Å². The molecule has 0 aliphatic heterocycles. The molecule has 0 saturated heterocycles. The summed E-state index contributed by atoms with van der Waals surface area (Å²) in [5, 5.41) is 11.6. The number of carboxylic acid groups (broad SMARTS) is 1. The lowest BCUT2D eigenvalue weighted by Crippen LogP contribution is -2.38. The van der Waals surface area contributed by atoms with E-state index in [1.54, 1.807) is 0 Å². The van der Waals surface area contributed by atoms with Crippen molar-refractivity contribution in [3.8, 4) is 0 Å². The molecule has 0 radical (unpaired) electrons. The molecule has 1 aliphatic rings. The summed E-state index contributed by atoms with van der Waals surface area (Å²) in [5.74, 6) is -1.99. The molecule has 20 heavy (non-hydrogen) atoms. The maximum atomic E-state index is 11.9. The molecule has 7 heteroatoms. The Morgan fingerprint density at radius 2 is 2.00 bits per heavy atom. The average molecular weight is 299 g/mol. The zero-order chi connectivity index (χ0) is 14.5. The molecular formula is C13H17NO5S. The van der Waals surface area contributed by atoms with E-state index in [-0.39, 0.29) is 28.6 Å². The van der Waals surface area contributed by atoms with Crippen LogP contribution in [0, 0.1) is 0 Å². The Morgan fingerprint density at radius 1 is 1.30 bits per heavy atom. The molecule has 2 rings (SSSR count). The van der Waals surface area contributed by atoms with E-state index < -0.39 is 16.8 Å². The molecular weight excluding hydrogens is 282 g/mol. The quantitative estimate of drug-likeness (QED) is 0.859. The number of amides is 1. The average Bonchev–Trinajstić information content (AvgIpc) is 2.89. The number of aromatic carboxylic acids is 1. The second kappa shape index (κ2) is 6.69. The zero-order valence-electron chi connectivity index (χ0n) is 11.0. The van der Waals surface area contributed by atoms with Gasteiger partial charge in [-0.05, 0) is 25.0 Å². The van der Waals surface area contributed by atoms with E-state index in [2.05, 4.69) is 5.32 Å². The van der Waals surface area contributed by atoms with E-state index in [4.69, 9.17) is 9.52 Å². The molecule has 1 atom stereocenters. The Labute approximate surface area is 119 Å². The van der Waals surface area contributed by atoms with Gasteiger partial charge in [-0.3, -0.25) is 9.00 Å². The molecule has 1 fully saturated rings. The summed E-state index contributed by atoms with van der Waals surface area (Å²) >= 11 is 0. The summed E-state index contributed by atoms with van der Waals surface area (Å²) in [6, 6.07) is 2.72. The first kappa shape index (κ1) is 14.8. The highest BCUT2D eigenvalue weighted by atomic mass is 32.2. The van der Waals surface area contributed by atoms with Crippen LogP contribution in [0.15, 0.2) is 21.6 Å². The number of furan rings is 1. The van der Waals surface area contributed by atoms with Crippen LogP contribution < -0.4 is 5.32 Å². The summed E-state index contributed by atoms with van der Waals surface area (Å²) in [6.45, 7) is 0. The van der Waals surface area contributed by atoms with Gasteiger partial charge in [0.25, 0.3) is 0 Å². The van der Waals surface area contributed by atoms with Crippen LogP contribution in [0.3, 0.4) is 0 Å². The van der Waals surface area contributed by atoms with Crippen molar-refractivity contribution in [1.29, 1.82) is 0 Å². The molecule has 2 N–H and O–H groups in total. The Bertz CT molecular complexity index is 519. The molecule has 110 valence electrons. The van der Waals surface area contributed by atoms with Crippen molar-refractivity contribution in [3.63, 3.8) is 0 Å². The molecule has 1 heterocycles. The van der Waals surface area contributed by atoms with Crippen molar-refractivity contribution in [2.45, 2.75) is 43.2 Å². The minimum Gasteiger partial charge on any atom is -0.475 e. The van der Waals surface area contributed by atoms with Crippen LogP contribution in [0.25, 0.3) is 0 Å². The molecule has 0 bridgehead atoms. The highest BCUT2D eigenvalue weighted by Gasteiger charge is 2.20. The largest absolute Gasteiger partial charge is 0.475 e. The van der Waals surface area contributed by atoms with E-state index in [1.165, 1.54) is 18.6 Å². The summed E-state index contributed by atoms with van der Waals surface area (Å²) in [6.07, 6.45) is 5.33. The third kappa shape index (κ3) is 3.93. The van der Waals surface area contributed by atoms with Crippen LogP contribution in [0.1, 0.15) is 42.7 Å². The Kier molecular flexibility index (Phi) is 4.94. The number of rotatable bonds is 5. The fourth-order valence-corrected chi connectivity index (χ4v) is 3.13. The van der Waals surface area contributed by atoms with E-state index in [1.807, 2.05) is 0 Å². The van der Waals surface area contributed by atoms with E-state index in [0.29, 0.717) is 0 Å². The van der Waals surface area contributed by atoms with Crippen molar-refractivity contribution in [2.75, 3.05) is 5.75 Å². The Hall–Kier alpha value is -1.63. The van der Waals surface area contributed by atoms with Gasteiger partial charge in [0, 0.05) is 6.04 Å². The molecule has 1 saturated carbocycles. The summed E-state index contributed by atoms with van der Waals surface area (Å²) in [4.78, 5) is 22.4. The second-order valence-corrected chi connectivity index (χ2v) is 6.20. The molecule has 0 aromatic carbocycles. The molecule has 1 unspecified atom stereocenters. The van der Waals surface area contributed by atoms with E-state index in [9.17, 15) is 13.8 Å². The van der Waals surface area contributed by atoms with Crippen molar-refractivity contribution in [3.05, 3.63) is 17.9 Å². The maximum absolute atomic E-state index is 11.9. The van der Waals surface area contributed by atoms with Gasteiger partial charge in [0.15, 0.2) is 5.09 Å². The lowest BCUT2D eigenvalue weighted by atomic mass is 9.95. The van der Waals surface area contributed by atoms with Gasteiger partial charge in [0.1, 0.15) is 5.75 Å². The van der Waals surface area contributed by atoms with Crippen molar-refractivity contribution >= 4 is 22.7 Å². The lowest BCUT2D eigenvalue weighted by Gasteiger charge is -2.22. The number of hydrogen-bond donors (Lipinski definition) is 2. The van der Waals surface area contributed by atoms with Gasteiger partial charge in [-0.25, -0.2) is 4.79 Å². The van der Waals surface area contributed by atoms with Crippen LogP contribution in [-0.2, 0) is 15.6 Å². The zero-order valence-corrected chi connectivity index (χ0v) is 11.8. The monoisotopic (exact) mass is 299 g/mol. The van der Waals surface area contributed by atoms with Crippen molar-refractivity contribution < 1.29 is 23.3 Å². The van der Waals surface area contributed by atoms with Gasteiger partial charge in [-0.2, -0.15) is 0 Å². The first-order valence-corrected chi connectivity index (χ1v) is 7.89. The third-order valence-electron chi connectivity index (χ3n) is 3.25. The van der Waals surface area contributed by atoms with Crippen LogP contribution in [0.2, 0.25) is 0 Å². The molecule has 1 aromatic heterocycles. The van der Waals surface area contributed by atoms with Gasteiger partial charge >= 0.3 is 5.97 Å². The first-order chi connectivity index (χ1) is 9.56. The maximum Gasteiger partial charge on any atom is 0.371 e. The molecule has 0 spiro atoms. The normalized spacial score (nSPS) is 17.6. The summed E-state index contributed by atoms with van der Waals surface area (Å²) in [7, 11) is -1.66. The number of hydrogen-bond acceptors (Lipinski definition) is 4. The molecule has 1 aliphatic carbocycles. The fourth-order valence-electron chi connectivity index (χ4n) is 2.26.